The summed E-state index contributed by atoms with van der Waals surface area (Å²) in [4.78, 5) is 12.4. The number of hydrogen-bond acceptors (Lipinski definition) is 5. The molecule has 2 atom stereocenters. The van der Waals surface area contributed by atoms with Crippen LogP contribution in [0.3, 0.4) is 0 Å². The number of aliphatic carboxylic acids is 1. The molecule has 1 aliphatic heterocycles. The fourth-order valence-electron chi connectivity index (χ4n) is 1.56. The molecule has 0 amide bonds. The Kier molecular flexibility index (Phi) is 5.68. The summed E-state index contributed by atoms with van der Waals surface area (Å²) in [6.07, 6.45) is 0.360. The fourth-order valence-corrected chi connectivity index (χ4v) is 1.56. The van der Waals surface area contributed by atoms with Crippen LogP contribution >= 0.6 is 0 Å². The minimum absolute atomic E-state index is 0.0114. The summed E-state index contributed by atoms with van der Waals surface area (Å²) in [5, 5.41) is 20.3. The van der Waals surface area contributed by atoms with E-state index in [0.717, 1.165) is 19.5 Å². The Hall–Kier alpha value is -0.690. The van der Waals surface area contributed by atoms with Crippen molar-refractivity contribution in [1.82, 2.24) is 10.2 Å². The molecule has 6 heteroatoms. The molecule has 6 nitrogen and oxygen atoms in total. The van der Waals surface area contributed by atoms with Gasteiger partial charge in [-0.2, -0.15) is 0 Å². The third-order valence-corrected chi connectivity index (χ3v) is 2.41. The molecule has 0 saturated carbocycles. The second-order valence-corrected chi connectivity index (χ2v) is 3.94. The lowest BCUT2D eigenvalue weighted by molar-refractivity contribution is -0.135. The SMILES string of the molecule is CCCN(CCNCC(=O)O)CC1OC1O. The molecule has 2 unspecified atom stereocenters. The summed E-state index contributed by atoms with van der Waals surface area (Å²) in [6.45, 7) is 5.12. The van der Waals surface area contributed by atoms with Crippen molar-refractivity contribution in [1.29, 1.82) is 0 Å². The molecule has 1 saturated heterocycles. The van der Waals surface area contributed by atoms with Crippen LogP contribution in [0.2, 0.25) is 0 Å². The normalized spacial score (nSPS) is 23.7. The Morgan fingerprint density at radius 3 is 2.69 bits per heavy atom. The fraction of sp³-hybridized carbons (Fsp3) is 0.900. The molecule has 1 aliphatic rings. The monoisotopic (exact) mass is 232 g/mol. The standard InChI is InChI=1S/C10H20N2O4/c1-2-4-12(7-8-10(15)16-8)5-3-11-6-9(13)14/h8,10-11,15H,2-7H2,1H3,(H,13,14). The van der Waals surface area contributed by atoms with Gasteiger partial charge in [-0.3, -0.25) is 9.69 Å². The van der Waals surface area contributed by atoms with Gasteiger partial charge >= 0.3 is 5.97 Å². The molecule has 94 valence electrons. The summed E-state index contributed by atoms with van der Waals surface area (Å²) in [6, 6.07) is 0. The predicted octanol–water partition coefficient (Wildman–Crippen LogP) is -0.910. The van der Waals surface area contributed by atoms with Gasteiger partial charge in [0.15, 0.2) is 6.29 Å². The van der Waals surface area contributed by atoms with Gasteiger partial charge in [0.05, 0.1) is 6.54 Å². The number of aliphatic hydroxyl groups is 1. The molecule has 0 aromatic carbocycles. The molecule has 0 radical (unpaired) electrons. The first-order valence-corrected chi connectivity index (χ1v) is 5.62. The number of carboxylic acids is 1. The second-order valence-electron chi connectivity index (χ2n) is 3.94. The Labute approximate surface area is 95.2 Å². The van der Waals surface area contributed by atoms with E-state index in [1.54, 1.807) is 0 Å². The maximum Gasteiger partial charge on any atom is 0.317 e. The lowest BCUT2D eigenvalue weighted by atomic mass is 10.3. The van der Waals surface area contributed by atoms with E-state index in [4.69, 9.17) is 14.9 Å². The van der Waals surface area contributed by atoms with Crippen LogP contribution in [-0.2, 0) is 9.53 Å². The predicted molar refractivity (Wildman–Crippen MR) is 58.1 cm³/mol. The van der Waals surface area contributed by atoms with E-state index in [9.17, 15) is 4.79 Å². The maximum atomic E-state index is 10.3. The highest BCUT2D eigenvalue weighted by Gasteiger charge is 2.37. The number of ether oxygens (including phenoxy) is 1. The molecular weight excluding hydrogens is 212 g/mol. The van der Waals surface area contributed by atoms with Crippen molar-refractivity contribution in [3.63, 3.8) is 0 Å². The van der Waals surface area contributed by atoms with Crippen LogP contribution in [0.1, 0.15) is 13.3 Å². The van der Waals surface area contributed by atoms with Crippen molar-refractivity contribution in [2.75, 3.05) is 32.7 Å². The van der Waals surface area contributed by atoms with Gasteiger partial charge in [0, 0.05) is 19.6 Å². The van der Waals surface area contributed by atoms with Crippen molar-refractivity contribution in [2.45, 2.75) is 25.7 Å². The molecule has 0 aromatic rings. The van der Waals surface area contributed by atoms with Gasteiger partial charge in [-0.1, -0.05) is 6.92 Å². The highest BCUT2D eigenvalue weighted by Crippen LogP contribution is 2.19. The second kappa shape index (κ2) is 6.80. The van der Waals surface area contributed by atoms with Crippen LogP contribution in [0.4, 0.5) is 0 Å². The third-order valence-electron chi connectivity index (χ3n) is 2.41. The summed E-state index contributed by atoms with van der Waals surface area (Å²) in [5.41, 5.74) is 0. The number of rotatable bonds is 9. The molecule has 1 heterocycles. The first kappa shape index (κ1) is 13.4. The van der Waals surface area contributed by atoms with Crippen molar-refractivity contribution in [3.8, 4) is 0 Å². The van der Waals surface area contributed by atoms with Gasteiger partial charge in [0.2, 0.25) is 0 Å². The number of epoxide rings is 1. The molecule has 1 rings (SSSR count). The van der Waals surface area contributed by atoms with Crippen LogP contribution < -0.4 is 5.32 Å². The molecule has 16 heavy (non-hydrogen) atoms. The number of nitrogens with one attached hydrogen (secondary N) is 1. The van der Waals surface area contributed by atoms with Crippen LogP contribution in [0, 0.1) is 0 Å². The highest BCUT2D eigenvalue weighted by atomic mass is 16.7. The van der Waals surface area contributed by atoms with Crippen LogP contribution in [0.25, 0.3) is 0 Å². The minimum Gasteiger partial charge on any atom is -0.480 e. The first-order chi connectivity index (χ1) is 7.63. The number of aliphatic hydroxyl groups excluding tert-OH is 1. The van der Waals surface area contributed by atoms with E-state index in [0.29, 0.717) is 13.1 Å². The molecule has 1 fully saturated rings. The Balaban J connectivity index is 2.09. The zero-order valence-corrected chi connectivity index (χ0v) is 9.56. The van der Waals surface area contributed by atoms with Crippen molar-refractivity contribution in [3.05, 3.63) is 0 Å². The van der Waals surface area contributed by atoms with Crippen LogP contribution in [0.5, 0.6) is 0 Å². The van der Waals surface area contributed by atoms with E-state index >= 15 is 0 Å². The summed E-state index contributed by atoms with van der Waals surface area (Å²) >= 11 is 0. The Morgan fingerprint density at radius 1 is 1.50 bits per heavy atom. The van der Waals surface area contributed by atoms with Crippen molar-refractivity contribution < 1.29 is 19.7 Å². The summed E-state index contributed by atoms with van der Waals surface area (Å²) in [7, 11) is 0. The number of carbonyl (C=O) groups is 1. The topological polar surface area (TPSA) is 85.3 Å². The van der Waals surface area contributed by atoms with Gasteiger partial charge in [-0.25, -0.2) is 0 Å². The smallest absolute Gasteiger partial charge is 0.317 e. The number of nitrogens with zero attached hydrogens (tertiary/aromatic N) is 1. The largest absolute Gasteiger partial charge is 0.480 e. The minimum atomic E-state index is -0.844. The van der Waals surface area contributed by atoms with Gasteiger partial charge in [-0.15, -0.1) is 0 Å². The molecule has 0 aromatic heterocycles. The Bertz CT molecular complexity index is 225. The summed E-state index contributed by atoms with van der Waals surface area (Å²) in [5.74, 6) is -0.844. The molecule has 0 spiro atoms. The summed E-state index contributed by atoms with van der Waals surface area (Å²) < 4.78 is 4.94. The average molecular weight is 232 g/mol. The quantitative estimate of drug-likeness (QED) is 0.352. The van der Waals surface area contributed by atoms with E-state index < -0.39 is 12.3 Å². The molecule has 3 N–H and O–H groups in total. The number of hydrogen-bond donors (Lipinski definition) is 3. The third kappa shape index (κ3) is 5.41. The zero-order valence-electron chi connectivity index (χ0n) is 9.56. The van der Waals surface area contributed by atoms with Crippen LogP contribution in [-0.4, -0.2) is 66.2 Å². The van der Waals surface area contributed by atoms with Gasteiger partial charge in [0.25, 0.3) is 0 Å². The Morgan fingerprint density at radius 2 is 2.19 bits per heavy atom. The number of carboxylic acid groups (broad SMARTS) is 1. The van der Waals surface area contributed by atoms with Crippen molar-refractivity contribution in [2.24, 2.45) is 0 Å². The average Bonchev–Trinajstić information content (AvgIpc) is 2.89. The van der Waals surface area contributed by atoms with E-state index in [1.165, 1.54) is 0 Å². The molecule has 0 bridgehead atoms. The highest BCUT2D eigenvalue weighted by molar-refractivity contribution is 5.68. The zero-order chi connectivity index (χ0) is 12.0. The van der Waals surface area contributed by atoms with Gasteiger partial charge in [-0.05, 0) is 13.0 Å². The van der Waals surface area contributed by atoms with E-state index in [-0.39, 0.29) is 12.6 Å². The molecular formula is C10H20N2O4. The lowest BCUT2D eigenvalue weighted by Gasteiger charge is -2.20. The van der Waals surface area contributed by atoms with Gasteiger partial charge < -0.3 is 20.3 Å². The van der Waals surface area contributed by atoms with Crippen molar-refractivity contribution >= 4 is 5.97 Å². The van der Waals surface area contributed by atoms with E-state index in [1.807, 2.05) is 0 Å². The lowest BCUT2D eigenvalue weighted by Crippen LogP contribution is -2.37. The van der Waals surface area contributed by atoms with E-state index in [2.05, 4.69) is 17.1 Å². The van der Waals surface area contributed by atoms with Gasteiger partial charge in [0.1, 0.15) is 6.10 Å². The maximum absolute atomic E-state index is 10.3. The molecule has 0 aliphatic carbocycles. The first-order valence-electron chi connectivity index (χ1n) is 5.62. The van der Waals surface area contributed by atoms with Crippen LogP contribution in [0.15, 0.2) is 0 Å².